The van der Waals surface area contributed by atoms with Gasteiger partial charge in [-0.15, -0.1) is 0 Å². The van der Waals surface area contributed by atoms with Crippen LogP contribution in [-0.2, 0) is 104 Å². The molecular formula is C78H91N11O24. The fourth-order valence-corrected chi connectivity index (χ4v) is 15.8. The van der Waals surface area contributed by atoms with Gasteiger partial charge in [-0.05, 0) is 78.8 Å². The highest BCUT2D eigenvalue weighted by atomic mass is 16.6. The van der Waals surface area contributed by atoms with Gasteiger partial charge in [0.2, 0.25) is 47.5 Å². The first-order valence-electron chi connectivity index (χ1n) is 36.6. The number of aliphatic hydroxyl groups is 2. The number of ether oxygens (including phenoxy) is 6. The number of fused-ring (bicyclic) bond motifs is 19. The summed E-state index contributed by atoms with van der Waals surface area (Å²) in [7, 11) is 0. The zero-order valence-electron chi connectivity index (χ0n) is 62.8. The Morgan fingerprint density at radius 1 is 0.743 bits per heavy atom. The van der Waals surface area contributed by atoms with Crippen LogP contribution in [0.2, 0.25) is 0 Å². The van der Waals surface area contributed by atoms with Crippen LogP contribution in [0.4, 0.5) is 0 Å². The van der Waals surface area contributed by atoms with E-state index < -0.39 is 235 Å². The highest BCUT2D eigenvalue weighted by Crippen LogP contribution is 2.64. The molecule has 0 radical (unpaired) electrons. The topological polar surface area (TPSA) is 524 Å². The van der Waals surface area contributed by atoms with Crippen molar-refractivity contribution in [2.45, 2.75) is 184 Å². The molecule has 8 amide bonds. The van der Waals surface area contributed by atoms with Crippen molar-refractivity contribution in [3.8, 4) is 0 Å². The van der Waals surface area contributed by atoms with E-state index in [-0.39, 0.29) is 72.7 Å². The van der Waals surface area contributed by atoms with Crippen molar-refractivity contribution in [2.24, 2.45) is 33.2 Å². The van der Waals surface area contributed by atoms with E-state index in [1.54, 1.807) is 78.9 Å². The summed E-state index contributed by atoms with van der Waals surface area (Å²) in [5.41, 5.74) is 3.33. The number of hydrogen-bond acceptors (Lipinski definition) is 24. The first-order valence-corrected chi connectivity index (χ1v) is 36.6. The molecule has 113 heavy (non-hydrogen) atoms. The van der Waals surface area contributed by atoms with E-state index in [1.165, 1.54) is 64.1 Å². The number of carboxylic acids is 1. The maximum absolute atomic E-state index is 16.0. The number of Topliss-reactive ketones (excluding diaryl/α,β-unsaturated/α-hetero) is 1. The Morgan fingerprint density at radius 2 is 1.37 bits per heavy atom. The van der Waals surface area contributed by atoms with Crippen LogP contribution in [0.1, 0.15) is 136 Å². The van der Waals surface area contributed by atoms with Gasteiger partial charge in [0.1, 0.15) is 54.1 Å². The van der Waals surface area contributed by atoms with Gasteiger partial charge in [0.15, 0.2) is 23.4 Å². The summed E-state index contributed by atoms with van der Waals surface area (Å²) in [4.78, 5) is 215. The molecule has 0 aromatic heterocycles. The molecule has 6 fully saturated rings. The molecule has 4 heterocycles. The van der Waals surface area contributed by atoms with Crippen molar-refractivity contribution in [1.29, 1.82) is 0 Å². The maximum atomic E-state index is 16.0. The standard InChI is InChI=1S/C78H91N11O24/c1-40-52(34-78(107)66(112-72(105)47-21-14-9-15-22-47)64-76(6,53(92)33-54-77(64,39-108-54)113-42(3)91)65(99)62(109-41(2)90)60(40)75(78,4)5)110-73(106)63(61(45-17-10-7-11-18-45)88-67(100)46-19-12-8-13-20-46)111-59(98)29-28-55(93)82-35-43-24-26-44(27-25-43)38-89-51-32-56(94)85-48(23-16-30-81-74(79)80)68(101)84-37-57(95)86-49(31-58(96)97)69(102)83-36-50(71(89)104)87-70(51)103/h7-15,17-22,24-27,48-54,61-64,66,92,107H,16,23,28-39H2,1-6H3,(H,82,93)(H,83,102)(H,84,101)(H,85,94)(H,86,95)(H,87,103)(H,88,100)(H,96,97)(H4,79,80,81)/t48-,49-,50-,51+,52-,53-,54+,61-,62+,63+,64-,66-,76+,77-,78+/m0/s1. The van der Waals surface area contributed by atoms with Gasteiger partial charge < -0.3 is 97.3 Å². The normalized spacial score (nSPS) is 27.4. The molecule has 0 spiro atoms. The lowest BCUT2D eigenvalue weighted by atomic mass is 9.44. The third-order valence-electron chi connectivity index (χ3n) is 21.6. The average molecular weight is 1570 g/mol. The van der Waals surface area contributed by atoms with E-state index in [1.807, 2.05) is 0 Å². The highest BCUT2D eigenvalue weighted by Gasteiger charge is 2.78. The summed E-state index contributed by atoms with van der Waals surface area (Å²) < 4.78 is 37.1. The largest absolute Gasteiger partial charge is 0.481 e. The molecule has 7 aliphatic rings. The van der Waals surface area contributed by atoms with E-state index in [0.717, 1.165) is 18.7 Å². The number of benzene rings is 4. The summed E-state index contributed by atoms with van der Waals surface area (Å²) in [6.07, 6.45) is -14.6. The van der Waals surface area contributed by atoms with Crippen LogP contribution in [0, 0.1) is 16.7 Å². The molecule has 14 N–H and O–H groups in total. The Bertz CT molecular complexity index is 4430. The number of carbonyl (C=O) groups excluding carboxylic acids is 14. The monoisotopic (exact) mass is 1570 g/mol. The van der Waals surface area contributed by atoms with Crippen LogP contribution in [0.5, 0.6) is 0 Å². The number of nitrogens with two attached hydrogens (primary N) is 2. The molecule has 602 valence electrons. The third kappa shape index (κ3) is 18.5. The van der Waals surface area contributed by atoms with Gasteiger partial charge in [-0.25, -0.2) is 9.59 Å². The van der Waals surface area contributed by atoms with Crippen molar-refractivity contribution >= 4 is 94.8 Å². The number of amides is 8. The number of guanidine groups is 1. The zero-order chi connectivity index (χ0) is 82.0. The number of piperazine rings is 1. The summed E-state index contributed by atoms with van der Waals surface area (Å²) in [6, 6.07) is 21.8. The highest BCUT2D eigenvalue weighted by molar-refractivity contribution is 6.01. The molecule has 4 aliphatic heterocycles. The number of hydrogen-bond donors (Lipinski definition) is 12. The number of aliphatic hydroxyl groups excluding tert-OH is 1. The number of carboxylic acid groups (broad SMARTS) is 1. The lowest BCUT2D eigenvalue weighted by Crippen LogP contribution is -2.82. The Kier molecular flexibility index (Phi) is 26.0. The smallest absolute Gasteiger partial charge is 0.350 e. The number of aliphatic carboxylic acids is 1. The Morgan fingerprint density at radius 3 is 1.99 bits per heavy atom. The Hall–Kier alpha value is -12.0. The third-order valence-corrected chi connectivity index (χ3v) is 21.6. The van der Waals surface area contributed by atoms with Gasteiger partial charge in [-0.3, -0.25) is 67.3 Å². The summed E-state index contributed by atoms with van der Waals surface area (Å²) in [6.45, 7) is 5.67. The van der Waals surface area contributed by atoms with Crippen molar-refractivity contribution in [1.82, 2.24) is 42.1 Å². The van der Waals surface area contributed by atoms with Crippen LogP contribution < -0.4 is 48.7 Å². The number of carbonyl (C=O) groups is 15. The first kappa shape index (κ1) is 83.5. The molecule has 3 aliphatic carbocycles. The lowest BCUT2D eigenvalue weighted by Gasteiger charge is -2.67. The van der Waals surface area contributed by atoms with Gasteiger partial charge in [0.25, 0.3) is 5.91 Å². The molecule has 15 atom stereocenters. The molecule has 35 heteroatoms. The fourth-order valence-electron chi connectivity index (χ4n) is 15.8. The minimum Gasteiger partial charge on any atom is -0.481 e. The van der Waals surface area contributed by atoms with Gasteiger partial charge >= 0.3 is 35.8 Å². The van der Waals surface area contributed by atoms with Crippen LogP contribution in [0.3, 0.4) is 0 Å². The molecule has 4 aromatic rings. The van der Waals surface area contributed by atoms with Gasteiger partial charge in [-0.1, -0.05) is 105 Å². The second-order valence-corrected chi connectivity index (χ2v) is 29.4. The lowest BCUT2D eigenvalue weighted by molar-refractivity contribution is -0.346. The molecule has 4 bridgehead atoms. The maximum Gasteiger partial charge on any atom is 0.350 e. The molecule has 4 aromatic carbocycles. The van der Waals surface area contributed by atoms with Crippen molar-refractivity contribution in [3.05, 3.63) is 154 Å². The molecule has 35 nitrogen and oxygen atoms in total. The second kappa shape index (κ2) is 35.2. The average Bonchev–Trinajstić information content (AvgIpc) is 0.668. The number of rotatable bonds is 24. The van der Waals surface area contributed by atoms with Crippen LogP contribution >= 0.6 is 0 Å². The fraction of sp³-hybridized carbons (Fsp3) is 0.462. The predicted molar refractivity (Wildman–Crippen MR) is 392 cm³/mol. The second-order valence-electron chi connectivity index (χ2n) is 29.4. The number of aliphatic imine (C=N–C) groups is 1. The van der Waals surface area contributed by atoms with Gasteiger partial charge in [0, 0.05) is 70.3 Å². The quantitative estimate of drug-likeness (QED) is 0.00816. The van der Waals surface area contributed by atoms with E-state index in [2.05, 4.69) is 42.2 Å². The van der Waals surface area contributed by atoms with E-state index >= 15 is 9.59 Å². The number of nitrogens with zero attached hydrogens (tertiary/aromatic N) is 2. The van der Waals surface area contributed by atoms with E-state index in [4.69, 9.17) is 39.9 Å². The summed E-state index contributed by atoms with van der Waals surface area (Å²) >= 11 is 0. The molecule has 2 saturated carbocycles. The number of ketones is 1. The molecular weight excluding hydrogens is 1470 g/mol. The van der Waals surface area contributed by atoms with Crippen LogP contribution in [0.25, 0.3) is 0 Å². The van der Waals surface area contributed by atoms with Crippen molar-refractivity contribution in [3.63, 3.8) is 0 Å². The van der Waals surface area contributed by atoms with E-state index in [0.29, 0.717) is 11.1 Å². The Labute approximate surface area is 647 Å². The zero-order valence-corrected chi connectivity index (χ0v) is 62.8. The van der Waals surface area contributed by atoms with Crippen molar-refractivity contribution < 1.29 is 116 Å². The molecule has 0 unspecified atom stereocenters. The van der Waals surface area contributed by atoms with E-state index in [9.17, 15) is 77.6 Å². The summed E-state index contributed by atoms with van der Waals surface area (Å²) in [5.74, 6) is -16.7. The molecule has 4 saturated heterocycles. The van der Waals surface area contributed by atoms with Crippen LogP contribution in [-0.4, -0.2) is 213 Å². The van der Waals surface area contributed by atoms with Crippen molar-refractivity contribution in [2.75, 3.05) is 26.2 Å². The van der Waals surface area contributed by atoms with Gasteiger partial charge in [-0.2, -0.15) is 0 Å². The number of esters is 5. The SMILES string of the molecule is CC(=O)O[C@H]1C(=O)[C@@]2(C)[C@H]([C@H](OC(=O)c3ccccc3)[C@]3(O)C[C@H](OC(=O)[C@H](OC(=O)CCC(=O)NCc4ccc(CN5C(=O)[C@@H]6CNC(=O)[C@H](CC(=O)O)NC(=O)CNC(=O)[C@H](CCCN=C(N)N)NC(=O)C[C@@H]5C(=O)N6)cc4)[C@@H](NC(=O)c4ccccc4)c4ccccc4)C(C)=C1C3(C)C)[C@]1(OC(C)=O)CO[C@@H]1C[C@@H]2O. The number of nitrogens with one attached hydrogen (secondary N) is 7. The Balaban J connectivity index is 0.906. The molecule has 11 rings (SSSR count). The first-order chi connectivity index (χ1) is 53.6. The van der Waals surface area contributed by atoms with Crippen LogP contribution in [0.15, 0.2) is 131 Å². The minimum atomic E-state index is -2.60. The predicted octanol–water partition coefficient (Wildman–Crippen LogP) is -0.287. The minimum absolute atomic E-state index is 0.0198. The van der Waals surface area contributed by atoms with Gasteiger partial charge in [0.05, 0.1) is 55.4 Å². The summed E-state index contributed by atoms with van der Waals surface area (Å²) in [5, 5.41) is 53.6.